The highest BCUT2D eigenvalue weighted by Crippen LogP contribution is 2.18. The van der Waals surface area contributed by atoms with Gasteiger partial charge in [-0.05, 0) is 37.1 Å². The van der Waals surface area contributed by atoms with Crippen LogP contribution in [0.2, 0.25) is 5.02 Å². The van der Waals surface area contributed by atoms with Crippen molar-refractivity contribution in [2.75, 3.05) is 27.2 Å². The van der Waals surface area contributed by atoms with E-state index in [1.807, 2.05) is 0 Å². The van der Waals surface area contributed by atoms with Crippen molar-refractivity contribution in [1.29, 1.82) is 0 Å². The Bertz CT molecular complexity index is 610. The second kappa shape index (κ2) is 8.01. The van der Waals surface area contributed by atoms with Crippen LogP contribution in [0.25, 0.3) is 0 Å². The molecular weight excluding hydrogens is 332 g/mol. The van der Waals surface area contributed by atoms with Crippen LogP contribution in [-0.2, 0) is 4.79 Å². The lowest BCUT2D eigenvalue weighted by Crippen LogP contribution is -2.49. The van der Waals surface area contributed by atoms with E-state index in [1.54, 1.807) is 43.3 Å². The molecule has 1 aromatic rings. The number of hydrazine groups is 1. The van der Waals surface area contributed by atoms with E-state index in [-0.39, 0.29) is 17.9 Å². The number of carbonyl (C=O) groups is 3. The van der Waals surface area contributed by atoms with Gasteiger partial charge in [0.15, 0.2) is 0 Å². The van der Waals surface area contributed by atoms with Crippen molar-refractivity contribution in [2.24, 2.45) is 5.92 Å². The molecule has 2 rings (SSSR count). The van der Waals surface area contributed by atoms with E-state index in [2.05, 4.69) is 10.9 Å². The second-order valence-electron chi connectivity index (χ2n) is 5.89. The standard InChI is InChI=1S/C16H21ClN4O3/c1-20(2)16(24)21-9-7-12(8-10-21)15(23)19-18-14(22)11-3-5-13(17)6-4-11/h3-6,12H,7-10H2,1-2H3,(H,18,22)(H,19,23). The third kappa shape index (κ3) is 4.61. The summed E-state index contributed by atoms with van der Waals surface area (Å²) in [6.45, 7) is 1.06. The molecular formula is C16H21ClN4O3. The molecule has 1 saturated heterocycles. The largest absolute Gasteiger partial charge is 0.331 e. The Morgan fingerprint density at radius 2 is 1.67 bits per heavy atom. The van der Waals surface area contributed by atoms with Gasteiger partial charge in [0.2, 0.25) is 5.91 Å². The van der Waals surface area contributed by atoms with Gasteiger partial charge in [-0.2, -0.15) is 0 Å². The Morgan fingerprint density at radius 3 is 2.21 bits per heavy atom. The molecule has 0 radical (unpaired) electrons. The van der Waals surface area contributed by atoms with Crippen molar-refractivity contribution in [2.45, 2.75) is 12.8 Å². The van der Waals surface area contributed by atoms with Crippen molar-refractivity contribution >= 4 is 29.4 Å². The number of amides is 4. The normalized spacial score (nSPS) is 14.9. The minimum atomic E-state index is -0.403. The smallest absolute Gasteiger partial charge is 0.319 e. The van der Waals surface area contributed by atoms with Crippen LogP contribution in [0.15, 0.2) is 24.3 Å². The number of hydrogen-bond donors (Lipinski definition) is 2. The van der Waals surface area contributed by atoms with Crippen LogP contribution < -0.4 is 10.9 Å². The first kappa shape index (κ1) is 18.1. The van der Waals surface area contributed by atoms with E-state index < -0.39 is 5.91 Å². The predicted octanol–water partition coefficient (Wildman–Crippen LogP) is 1.49. The summed E-state index contributed by atoms with van der Waals surface area (Å²) in [6, 6.07) is 6.32. The number of nitrogens with one attached hydrogen (secondary N) is 2. The minimum absolute atomic E-state index is 0.0510. The summed E-state index contributed by atoms with van der Waals surface area (Å²) in [5.74, 6) is -0.865. The van der Waals surface area contributed by atoms with Gasteiger partial charge < -0.3 is 9.80 Å². The molecule has 8 heteroatoms. The second-order valence-corrected chi connectivity index (χ2v) is 6.33. The van der Waals surface area contributed by atoms with E-state index in [0.29, 0.717) is 36.5 Å². The van der Waals surface area contributed by atoms with Gasteiger partial charge in [0.25, 0.3) is 5.91 Å². The SMILES string of the molecule is CN(C)C(=O)N1CCC(C(=O)NNC(=O)c2ccc(Cl)cc2)CC1. The molecule has 0 spiro atoms. The van der Waals surface area contributed by atoms with Crippen molar-refractivity contribution in [1.82, 2.24) is 20.7 Å². The lowest BCUT2D eigenvalue weighted by Gasteiger charge is -2.32. The summed E-state index contributed by atoms with van der Waals surface area (Å²) in [7, 11) is 3.40. The van der Waals surface area contributed by atoms with Crippen molar-refractivity contribution < 1.29 is 14.4 Å². The van der Waals surface area contributed by atoms with Crippen LogP contribution in [0.4, 0.5) is 4.79 Å². The molecule has 1 aliphatic rings. The number of nitrogens with zero attached hydrogens (tertiary/aromatic N) is 2. The maximum Gasteiger partial charge on any atom is 0.319 e. The molecule has 2 N–H and O–H groups in total. The molecule has 4 amide bonds. The topological polar surface area (TPSA) is 81.8 Å². The highest BCUT2D eigenvalue weighted by atomic mass is 35.5. The van der Waals surface area contributed by atoms with Crippen LogP contribution >= 0.6 is 11.6 Å². The summed E-state index contributed by atoms with van der Waals surface area (Å²) in [6.07, 6.45) is 1.14. The first-order valence-corrected chi connectivity index (χ1v) is 8.08. The zero-order valence-corrected chi connectivity index (χ0v) is 14.5. The Hall–Kier alpha value is -2.28. The number of rotatable bonds is 2. The Morgan fingerprint density at radius 1 is 1.08 bits per heavy atom. The highest BCUT2D eigenvalue weighted by Gasteiger charge is 2.28. The quantitative estimate of drug-likeness (QED) is 0.791. The average molecular weight is 353 g/mol. The molecule has 0 atom stereocenters. The van der Waals surface area contributed by atoms with E-state index in [1.165, 1.54) is 4.90 Å². The fourth-order valence-electron chi connectivity index (χ4n) is 2.51. The number of urea groups is 1. The van der Waals surface area contributed by atoms with Gasteiger partial charge in [0.05, 0.1) is 0 Å². The summed E-state index contributed by atoms with van der Waals surface area (Å²) >= 11 is 5.77. The predicted molar refractivity (Wildman–Crippen MR) is 90.4 cm³/mol. The molecule has 1 aliphatic heterocycles. The molecule has 1 heterocycles. The number of piperidine rings is 1. The summed E-state index contributed by atoms with van der Waals surface area (Å²) in [5.41, 5.74) is 5.25. The van der Waals surface area contributed by atoms with Crippen LogP contribution in [0, 0.1) is 5.92 Å². The number of likely N-dealkylation sites (tertiary alicyclic amines) is 1. The lowest BCUT2D eigenvalue weighted by molar-refractivity contribution is -0.127. The van der Waals surface area contributed by atoms with Crippen LogP contribution in [0.1, 0.15) is 23.2 Å². The first-order valence-electron chi connectivity index (χ1n) is 7.70. The average Bonchev–Trinajstić information content (AvgIpc) is 2.59. The first-order chi connectivity index (χ1) is 11.4. The molecule has 1 aromatic carbocycles. The summed E-state index contributed by atoms with van der Waals surface area (Å²) in [5, 5.41) is 0.537. The molecule has 0 aromatic heterocycles. The zero-order valence-electron chi connectivity index (χ0n) is 13.7. The Labute approximate surface area is 145 Å². The van der Waals surface area contributed by atoms with Gasteiger partial charge >= 0.3 is 6.03 Å². The van der Waals surface area contributed by atoms with Gasteiger partial charge in [-0.3, -0.25) is 20.4 Å². The third-order valence-electron chi connectivity index (χ3n) is 3.92. The lowest BCUT2D eigenvalue weighted by atomic mass is 9.96. The summed E-state index contributed by atoms with van der Waals surface area (Å²) < 4.78 is 0. The Kier molecular flexibility index (Phi) is 6.03. The number of benzene rings is 1. The minimum Gasteiger partial charge on any atom is -0.331 e. The fraction of sp³-hybridized carbons (Fsp3) is 0.438. The zero-order chi connectivity index (χ0) is 17.7. The molecule has 130 valence electrons. The molecule has 0 saturated carbocycles. The fourth-order valence-corrected chi connectivity index (χ4v) is 2.64. The molecule has 1 fully saturated rings. The monoisotopic (exact) mass is 352 g/mol. The number of halogens is 1. The van der Waals surface area contributed by atoms with Crippen molar-refractivity contribution in [3.8, 4) is 0 Å². The van der Waals surface area contributed by atoms with Gasteiger partial charge in [0, 0.05) is 43.7 Å². The molecule has 24 heavy (non-hydrogen) atoms. The number of carbonyl (C=O) groups excluding carboxylic acids is 3. The number of hydrogen-bond acceptors (Lipinski definition) is 3. The molecule has 7 nitrogen and oxygen atoms in total. The molecule has 0 aliphatic carbocycles. The van der Waals surface area contributed by atoms with Crippen molar-refractivity contribution in [3.05, 3.63) is 34.9 Å². The Balaban J connectivity index is 1.78. The van der Waals surface area contributed by atoms with Gasteiger partial charge in [-0.1, -0.05) is 11.6 Å². The van der Waals surface area contributed by atoms with Gasteiger partial charge in [0.1, 0.15) is 0 Å². The highest BCUT2D eigenvalue weighted by molar-refractivity contribution is 6.30. The van der Waals surface area contributed by atoms with E-state index >= 15 is 0 Å². The van der Waals surface area contributed by atoms with Crippen LogP contribution in [0.3, 0.4) is 0 Å². The van der Waals surface area contributed by atoms with Crippen molar-refractivity contribution in [3.63, 3.8) is 0 Å². The maximum atomic E-state index is 12.1. The van der Waals surface area contributed by atoms with E-state index in [0.717, 1.165) is 0 Å². The van der Waals surface area contributed by atoms with Gasteiger partial charge in [-0.25, -0.2) is 4.79 Å². The third-order valence-corrected chi connectivity index (χ3v) is 4.18. The van der Waals surface area contributed by atoms with E-state index in [4.69, 9.17) is 11.6 Å². The van der Waals surface area contributed by atoms with E-state index in [9.17, 15) is 14.4 Å². The van der Waals surface area contributed by atoms with Crippen LogP contribution in [-0.4, -0.2) is 54.8 Å². The molecule has 0 unspecified atom stereocenters. The van der Waals surface area contributed by atoms with Crippen LogP contribution in [0.5, 0.6) is 0 Å². The molecule has 0 bridgehead atoms. The summed E-state index contributed by atoms with van der Waals surface area (Å²) in [4.78, 5) is 39.2. The van der Waals surface area contributed by atoms with Gasteiger partial charge in [-0.15, -0.1) is 0 Å². The maximum absolute atomic E-state index is 12.1.